The lowest BCUT2D eigenvalue weighted by Crippen LogP contribution is -2.51. The fraction of sp³-hybridized carbons (Fsp3) is 0.375. The third-order valence-corrected chi connectivity index (χ3v) is 3.71. The van der Waals surface area contributed by atoms with E-state index in [1.807, 2.05) is 30.3 Å². The molecule has 1 aliphatic heterocycles. The lowest BCUT2D eigenvalue weighted by molar-refractivity contribution is -0.130. The van der Waals surface area contributed by atoms with Crippen molar-refractivity contribution in [1.82, 2.24) is 10.2 Å². The minimum Gasteiger partial charge on any atom is -0.368 e. The summed E-state index contributed by atoms with van der Waals surface area (Å²) in [6, 6.07) is 8.61. The Kier molecular flexibility index (Phi) is 4.75. The van der Waals surface area contributed by atoms with Crippen molar-refractivity contribution in [3.8, 4) is 0 Å². The van der Waals surface area contributed by atoms with Crippen molar-refractivity contribution in [2.45, 2.75) is 25.4 Å². The highest BCUT2D eigenvalue weighted by Crippen LogP contribution is 2.23. The van der Waals surface area contributed by atoms with Crippen molar-refractivity contribution < 1.29 is 9.59 Å². The molecule has 0 saturated carbocycles. The smallest absolute Gasteiger partial charge is 0.244 e. The molecule has 0 aliphatic carbocycles. The number of likely N-dealkylation sites (N-methyl/N-ethyl adjacent to an activating group) is 1. The van der Waals surface area contributed by atoms with Gasteiger partial charge >= 0.3 is 0 Å². The second-order valence-corrected chi connectivity index (χ2v) is 5.30. The summed E-state index contributed by atoms with van der Waals surface area (Å²) in [4.78, 5) is 25.5. The van der Waals surface area contributed by atoms with Crippen molar-refractivity contribution in [1.29, 1.82) is 0 Å². The van der Waals surface area contributed by atoms with E-state index in [1.54, 1.807) is 18.9 Å². The molecule has 112 valence electrons. The van der Waals surface area contributed by atoms with Crippen molar-refractivity contribution in [3.63, 3.8) is 0 Å². The Labute approximate surface area is 124 Å². The molecule has 0 saturated heterocycles. The zero-order chi connectivity index (χ0) is 15.4. The van der Waals surface area contributed by atoms with Gasteiger partial charge in [0.05, 0.1) is 6.04 Å². The number of nitrogens with two attached hydrogens (primary N) is 1. The van der Waals surface area contributed by atoms with Gasteiger partial charge in [-0.2, -0.15) is 0 Å². The number of carbonyl (C=O) groups excluding carboxylic acids is 2. The number of benzene rings is 1. The third-order valence-electron chi connectivity index (χ3n) is 3.71. The van der Waals surface area contributed by atoms with E-state index in [4.69, 9.17) is 5.73 Å². The molecule has 2 rings (SSSR count). The van der Waals surface area contributed by atoms with E-state index in [-0.39, 0.29) is 5.91 Å². The number of nitrogens with zero attached hydrogens (tertiary/aromatic N) is 1. The lowest BCUT2D eigenvalue weighted by Gasteiger charge is -2.26. The zero-order valence-electron chi connectivity index (χ0n) is 12.4. The maximum absolute atomic E-state index is 12.6. The van der Waals surface area contributed by atoms with Crippen LogP contribution in [0.15, 0.2) is 36.4 Å². The van der Waals surface area contributed by atoms with Gasteiger partial charge in [0.2, 0.25) is 11.8 Å². The second kappa shape index (κ2) is 6.54. The molecule has 0 spiro atoms. The number of hydrogen-bond acceptors (Lipinski definition) is 3. The molecule has 1 aromatic carbocycles. The minimum atomic E-state index is -0.572. The number of carbonyl (C=O) groups is 2. The zero-order valence-corrected chi connectivity index (χ0v) is 12.4. The molecule has 0 fully saturated rings. The van der Waals surface area contributed by atoms with Crippen LogP contribution < -0.4 is 11.1 Å². The van der Waals surface area contributed by atoms with Crippen LogP contribution in [0.4, 0.5) is 0 Å². The summed E-state index contributed by atoms with van der Waals surface area (Å²) in [5, 5.41) is 3.05. The molecule has 0 bridgehead atoms. The molecular weight excluding hydrogens is 266 g/mol. The molecular formula is C16H21N3O2. The van der Waals surface area contributed by atoms with E-state index in [0.29, 0.717) is 6.54 Å². The second-order valence-electron chi connectivity index (χ2n) is 5.30. The summed E-state index contributed by atoms with van der Waals surface area (Å²) in [5.41, 5.74) is 7.19. The molecule has 5 heteroatoms. The Morgan fingerprint density at radius 2 is 2.05 bits per heavy atom. The van der Waals surface area contributed by atoms with Gasteiger partial charge in [0.15, 0.2) is 0 Å². The predicted molar refractivity (Wildman–Crippen MR) is 82.3 cm³/mol. The molecule has 21 heavy (non-hydrogen) atoms. The van der Waals surface area contributed by atoms with Crippen molar-refractivity contribution in [2.75, 3.05) is 13.6 Å². The van der Waals surface area contributed by atoms with Gasteiger partial charge in [-0.3, -0.25) is 14.9 Å². The molecule has 2 atom stereocenters. The quantitative estimate of drug-likeness (QED) is 0.858. The Morgan fingerprint density at radius 1 is 1.38 bits per heavy atom. The van der Waals surface area contributed by atoms with E-state index >= 15 is 0 Å². The third kappa shape index (κ3) is 3.49. The molecule has 1 aromatic rings. The van der Waals surface area contributed by atoms with Crippen LogP contribution in [0.25, 0.3) is 5.57 Å². The molecule has 3 N–H and O–H groups in total. The van der Waals surface area contributed by atoms with Crippen LogP contribution in [0.5, 0.6) is 0 Å². The Bertz CT molecular complexity index is 554. The van der Waals surface area contributed by atoms with Crippen LogP contribution in [0.1, 0.15) is 18.9 Å². The fourth-order valence-corrected chi connectivity index (χ4v) is 2.40. The highest BCUT2D eigenvalue weighted by atomic mass is 16.2. The SMILES string of the molecule is C[C@H](N[C@@H]1C(=O)N(C)CCC=C1c1ccccc1)C(N)=O. The van der Waals surface area contributed by atoms with Gasteiger partial charge in [-0.1, -0.05) is 36.4 Å². The van der Waals surface area contributed by atoms with Gasteiger partial charge in [-0.15, -0.1) is 0 Å². The lowest BCUT2D eigenvalue weighted by atomic mass is 9.96. The average molecular weight is 287 g/mol. The molecule has 1 aliphatic rings. The molecule has 2 amide bonds. The first kappa shape index (κ1) is 15.3. The monoisotopic (exact) mass is 287 g/mol. The van der Waals surface area contributed by atoms with E-state index in [9.17, 15) is 9.59 Å². The Hall–Kier alpha value is -2.14. The van der Waals surface area contributed by atoms with Crippen LogP contribution in [-0.2, 0) is 9.59 Å². The number of primary amides is 1. The van der Waals surface area contributed by atoms with Gasteiger partial charge in [-0.05, 0) is 24.5 Å². The van der Waals surface area contributed by atoms with Gasteiger partial charge in [-0.25, -0.2) is 0 Å². The molecule has 1 heterocycles. The minimum absolute atomic E-state index is 0.0456. The van der Waals surface area contributed by atoms with Gasteiger partial charge in [0.1, 0.15) is 6.04 Å². The number of rotatable bonds is 4. The summed E-state index contributed by atoms with van der Waals surface area (Å²) in [6.07, 6.45) is 2.84. The van der Waals surface area contributed by atoms with Gasteiger partial charge < -0.3 is 10.6 Å². The predicted octanol–water partition coefficient (Wildman–Crippen LogP) is 0.764. The van der Waals surface area contributed by atoms with E-state index in [0.717, 1.165) is 17.6 Å². The first-order valence-corrected chi connectivity index (χ1v) is 7.06. The van der Waals surface area contributed by atoms with Crippen LogP contribution in [0, 0.1) is 0 Å². The normalized spacial score (nSPS) is 20.7. The fourth-order valence-electron chi connectivity index (χ4n) is 2.40. The molecule has 0 radical (unpaired) electrons. The Balaban J connectivity index is 2.36. The van der Waals surface area contributed by atoms with Crippen LogP contribution >= 0.6 is 0 Å². The van der Waals surface area contributed by atoms with Gasteiger partial charge in [0.25, 0.3) is 0 Å². The molecule has 5 nitrogen and oxygen atoms in total. The summed E-state index contributed by atoms with van der Waals surface area (Å²) in [7, 11) is 1.77. The first-order valence-electron chi connectivity index (χ1n) is 7.06. The van der Waals surface area contributed by atoms with E-state index < -0.39 is 18.0 Å². The number of amides is 2. The highest BCUT2D eigenvalue weighted by molar-refractivity contribution is 5.97. The van der Waals surface area contributed by atoms with Crippen LogP contribution in [0.3, 0.4) is 0 Å². The summed E-state index contributed by atoms with van der Waals surface area (Å²) >= 11 is 0. The average Bonchev–Trinajstić information content (AvgIpc) is 2.61. The van der Waals surface area contributed by atoms with Crippen molar-refractivity contribution >= 4 is 17.4 Å². The maximum Gasteiger partial charge on any atom is 0.244 e. The summed E-state index contributed by atoms with van der Waals surface area (Å²) < 4.78 is 0. The summed E-state index contributed by atoms with van der Waals surface area (Å²) in [5.74, 6) is -0.516. The largest absolute Gasteiger partial charge is 0.368 e. The maximum atomic E-state index is 12.6. The molecule has 0 aromatic heterocycles. The van der Waals surface area contributed by atoms with Gasteiger partial charge in [0, 0.05) is 13.6 Å². The van der Waals surface area contributed by atoms with Crippen molar-refractivity contribution in [2.24, 2.45) is 5.73 Å². The van der Waals surface area contributed by atoms with Crippen LogP contribution in [0.2, 0.25) is 0 Å². The van der Waals surface area contributed by atoms with Crippen LogP contribution in [-0.4, -0.2) is 42.4 Å². The van der Waals surface area contributed by atoms with E-state index in [2.05, 4.69) is 11.4 Å². The standard InChI is InChI=1S/C16H21N3O2/c1-11(15(17)20)18-14-13(12-7-4-3-5-8-12)9-6-10-19(2)16(14)21/h3-5,7-9,11,14,18H,6,10H2,1-2H3,(H2,17,20)/t11-,14-/m0/s1. The first-order chi connectivity index (χ1) is 10.0. The number of nitrogens with one attached hydrogen (secondary N) is 1. The topological polar surface area (TPSA) is 75.4 Å². The van der Waals surface area contributed by atoms with Crippen molar-refractivity contribution in [3.05, 3.63) is 42.0 Å². The Morgan fingerprint density at radius 3 is 2.67 bits per heavy atom. The van der Waals surface area contributed by atoms with E-state index in [1.165, 1.54) is 0 Å². The molecule has 0 unspecified atom stereocenters. The number of hydrogen-bond donors (Lipinski definition) is 2. The summed E-state index contributed by atoms with van der Waals surface area (Å²) in [6.45, 7) is 2.33. The highest BCUT2D eigenvalue weighted by Gasteiger charge is 2.30.